The van der Waals surface area contributed by atoms with Gasteiger partial charge < -0.3 is 4.98 Å². The fourth-order valence-corrected chi connectivity index (χ4v) is 2.58. The van der Waals surface area contributed by atoms with Gasteiger partial charge in [-0.25, -0.2) is 4.39 Å². The minimum absolute atomic E-state index is 0.0809. The molecule has 82 valence electrons. The van der Waals surface area contributed by atoms with Crippen LogP contribution in [0.3, 0.4) is 0 Å². The minimum Gasteiger partial charge on any atom is -0.357 e. The van der Waals surface area contributed by atoms with Crippen molar-refractivity contribution in [2.75, 3.05) is 0 Å². The summed E-state index contributed by atoms with van der Waals surface area (Å²) in [5, 5.41) is 0.618. The lowest BCUT2D eigenvalue weighted by molar-refractivity contribution is 0.629. The Labute approximate surface area is 96.1 Å². The van der Waals surface area contributed by atoms with Crippen LogP contribution >= 0.6 is 11.6 Å². The Balaban J connectivity index is 2.51. The fraction of sp³-hybridized carbons (Fsp3) is 0.250. The maximum atomic E-state index is 13.2. The zero-order valence-corrected chi connectivity index (χ0v) is 9.20. The van der Waals surface area contributed by atoms with Crippen molar-refractivity contribution in [3.8, 4) is 0 Å². The van der Waals surface area contributed by atoms with E-state index in [9.17, 15) is 9.18 Å². The summed E-state index contributed by atoms with van der Waals surface area (Å²) in [7, 11) is 0. The molecule has 3 rings (SSSR count). The molecule has 1 aliphatic rings. The van der Waals surface area contributed by atoms with Crippen LogP contribution in [0.4, 0.5) is 4.39 Å². The van der Waals surface area contributed by atoms with E-state index in [-0.39, 0.29) is 10.5 Å². The fourth-order valence-electron chi connectivity index (χ4n) is 2.33. The molecule has 0 fully saturated rings. The van der Waals surface area contributed by atoms with Crippen LogP contribution in [0, 0.1) is 5.82 Å². The van der Waals surface area contributed by atoms with Crippen LogP contribution < -0.4 is 5.43 Å². The number of aryl methyl sites for hydroxylation is 1. The highest BCUT2D eigenvalue weighted by molar-refractivity contribution is 6.35. The third kappa shape index (κ3) is 1.28. The summed E-state index contributed by atoms with van der Waals surface area (Å²) in [5.74, 6) is -0.471. The van der Waals surface area contributed by atoms with Crippen molar-refractivity contribution in [1.29, 1.82) is 0 Å². The highest BCUT2D eigenvalue weighted by Crippen LogP contribution is 2.25. The molecule has 0 unspecified atom stereocenters. The van der Waals surface area contributed by atoms with Crippen molar-refractivity contribution in [3.63, 3.8) is 0 Å². The van der Waals surface area contributed by atoms with Crippen molar-refractivity contribution in [1.82, 2.24) is 4.98 Å². The molecule has 2 nitrogen and oxygen atoms in total. The van der Waals surface area contributed by atoms with E-state index in [1.165, 1.54) is 12.1 Å². The van der Waals surface area contributed by atoms with Gasteiger partial charge in [0, 0.05) is 11.3 Å². The Bertz CT molecular complexity index is 647. The molecule has 16 heavy (non-hydrogen) atoms. The number of pyridine rings is 1. The summed E-state index contributed by atoms with van der Waals surface area (Å²) in [5.41, 5.74) is 2.21. The van der Waals surface area contributed by atoms with Gasteiger partial charge in [0.2, 0.25) is 0 Å². The highest BCUT2D eigenvalue weighted by Gasteiger charge is 2.18. The standard InChI is InChI=1S/C12H9ClFNO/c13-9-5-6(14)4-8-11(9)15-10-3-1-2-7(10)12(8)16/h4-5H,1-3H2,(H,15,16). The van der Waals surface area contributed by atoms with Crippen LogP contribution in [0.1, 0.15) is 17.7 Å². The SMILES string of the molecule is O=c1c2c([nH]c3c(Cl)cc(F)cc13)CCC2. The van der Waals surface area contributed by atoms with Gasteiger partial charge in [0.25, 0.3) is 0 Å². The Morgan fingerprint density at radius 3 is 2.94 bits per heavy atom. The van der Waals surface area contributed by atoms with Crippen LogP contribution in [0.15, 0.2) is 16.9 Å². The topological polar surface area (TPSA) is 32.9 Å². The molecule has 1 aromatic heterocycles. The van der Waals surface area contributed by atoms with E-state index in [1.807, 2.05) is 0 Å². The Hall–Kier alpha value is -1.35. The summed E-state index contributed by atoms with van der Waals surface area (Å²) < 4.78 is 13.2. The molecule has 0 amide bonds. The number of aromatic nitrogens is 1. The van der Waals surface area contributed by atoms with Gasteiger partial charge in [-0.2, -0.15) is 0 Å². The number of fused-ring (bicyclic) bond motifs is 2. The lowest BCUT2D eigenvalue weighted by atomic mass is 10.1. The Morgan fingerprint density at radius 2 is 2.12 bits per heavy atom. The number of hydrogen-bond acceptors (Lipinski definition) is 1. The number of aromatic amines is 1. The van der Waals surface area contributed by atoms with Gasteiger partial charge in [0.15, 0.2) is 5.43 Å². The average molecular weight is 238 g/mol. The quantitative estimate of drug-likeness (QED) is 0.751. The first-order chi connectivity index (χ1) is 7.66. The number of H-pyrrole nitrogens is 1. The normalized spacial score (nSPS) is 14.4. The molecule has 4 heteroatoms. The Morgan fingerprint density at radius 1 is 1.31 bits per heavy atom. The maximum Gasteiger partial charge on any atom is 0.192 e. The first kappa shape index (κ1) is 9.85. The van der Waals surface area contributed by atoms with Gasteiger partial charge >= 0.3 is 0 Å². The number of hydrogen-bond donors (Lipinski definition) is 1. The zero-order valence-electron chi connectivity index (χ0n) is 8.44. The first-order valence-electron chi connectivity index (χ1n) is 5.19. The third-order valence-electron chi connectivity index (χ3n) is 3.07. The van der Waals surface area contributed by atoms with Gasteiger partial charge in [-0.05, 0) is 31.4 Å². The number of halogens is 2. The molecule has 0 atom stereocenters. The van der Waals surface area contributed by atoms with Gasteiger partial charge in [-0.1, -0.05) is 11.6 Å². The van der Waals surface area contributed by atoms with Gasteiger partial charge in [0.1, 0.15) is 5.82 Å². The molecule has 1 aliphatic carbocycles. The maximum absolute atomic E-state index is 13.2. The summed E-state index contributed by atoms with van der Waals surface area (Å²) in [6.07, 6.45) is 2.61. The predicted octanol–water partition coefficient (Wildman–Crippen LogP) is 2.81. The van der Waals surface area contributed by atoms with Crippen LogP contribution in [0.2, 0.25) is 5.02 Å². The molecule has 0 radical (unpaired) electrons. The summed E-state index contributed by atoms with van der Waals surface area (Å²) in [6, 6.07) is 2.47. The number of nitrogens with one attached hydrogen (secondary N) is 1. The molecular formula is C12H9ClFNO. The summed E-state index contributed by atoms with van der Waals surface area (Å²) in [6.45, 7) is 0. The largest absolute Gasteiger partial charge is 0.357 e. The predicted molar refractivity (Wildman–Crippen MR) is 61.6 cm³/mol. The van der Waals surface area contributed by atoms with Crippen LogP contribution in [0.25, 0.3) is 10.9 Å². The highest BCUT2D eigenvalue weighted by atomic mass is 35.5. The van der Waals surface area contributed by atoms with E-state index < -0.39 is 5.82 Å². The zero-order chi connectivity index (χ0) is 11.3. The smallest absolute Gasteiger partial charge is 0.192 e. The van der Waals surface area contributed by atoms with E-state index in [4.69, 9.17) is 11.6 Å². The van der Waals surface area contributed by atoms with Crippen molar-refractivity contribution >= 4 is 22.5 Å². The van der Waals surface area contributed by atoms with Crippen molar-refractivity contribution in [2.24, 2.45) is 0 Å². The second-order valence-electron chi connectivity index (χ2n) is 4.07. The molecule has 0 bridgehead atoms. The molecule has 0 saturated heterocycles. The molecule has 0 aliphatic heterocycles. The number of rotatable bonds is 0. The monoisotopic (exact) mass is 237 g/mol. The lowest BCUT2D eigenvalue weighted by Gasteiger charge is -2.05. The molecule has 1 N–H and O–H groups in total. The van der Waals surface area contributed by atoms with Gasteiger partial charge in [0.05, 0.1) is 15.9 Å². The van der Waals surface area contributed by atoms with E-state index in [1.54, 1.807) is 0 Å². The van der Waals surface area contributed by atoms with Gasteiger partial charge in [-0.3, -0.25) is 4.79 Å². The van der Waals surface area contributed by atoms with Gasteiger partial charge in [-0.15, -0.1) is 0 Å². The van der Waals surface area contributed by atoms with Crippen molar-refractivity contribution in [2.45, 2.75) is 19.3 Å². The summed E-state index contributed by atoms with van der Waals surface area (Å²) in [4.78, 5) is 15.2. The molecule has 1 heterocycles. The van der Waals surface area contributed by atoms with Crippen LogP contribution in [-0.2, 0) is 12.8 Å². The number of benzene rings is 1. The van der Waals surface area contributed by atoms with Crippen LogP contribution in [-0.4, -0.2) is 4.98 Å². The van der Waals surface area contributed by atoms with Crippen molar-refractivity contribution in [3.05, 3.63) is 44.5 Å². The second kappa shape index (κ2) is 3.32. The van der Waals surface area contributed by atoms with E-state index >= 15 is 0 Å². The molecular weight excluding hydrogens is 229 g/mol. The molecule has 1 aromatic carbocycles. The molecule has 0 spiro atoms. The lowest BCUT2D eigenvalue weighted by Crippen LogP contribution is -2.11. The average Bonchev–Trinajstić information content (AvgIpc) is 2.68. The third-order valence-corrected chi connectivity index (χ3v) is 3.37. The second-order valence-corrected chi connectivity index (χ2v) is 4.48. The van der Waals surface area contributed by atoms with E-state index in [2.05, 4.69) is 4.98 Å². The Kier molecular flexibility index (Phi) is 2.04. The summed E-state index contributed by atoms with van der Waals surface area (Å²) >= 11 is 5.93. The molecule has 0 saturated carbocycles. The van der Waals surface area contributed by atoms with Crippen LogP contribution in [0.5, 0.6) is 0 Å². The minimum atomic E-state index is -0.471. The van der Waals surface area contributed by atoms with Crippen molar-refractivity contribution < 1.29 is 4.39 Å². The van der Waals surface area contributed by atoms with E-state index in [0.29, 0.717) is 10.9 Å². The van der Waals surface area contributed by atoms with E-state index in [0.717, 1.165) is 30.5 Å². The molecule has 2 aromatic rings. The first-order valence-corrected chi connectivity index (χ1v) is 5.57.